The third kappa shape index (κ3) is 5.19. The lowest BCUT2D eigenvalue weighted by Gasteiger charge is -2.36. The summed E-state index contributed by atoms with van der Waals surface area (Å²) in [5.41, 5.74) is 1.10. The van der Waals surface area contributed by atoms with E-state index >= 15 is 0 Å². The van der Waals surface area contributed by atoms with Crippen molar-refractivity contribution >= 4 is 23.2 Å². The van der Waals surface area contributed by atoms with Crippen LogP contribution in [0.5, 0.6) is 0 Å². The molecule has 1 aromatic rings. The highest BCUT2D eigenvalue weighted by Crippen LogP contribution is 2.21. The molecule has 1 amide bonds. The van der Waals surface area contributed by atoms with E-state index < -0.39 is 0 Å². The van der Waals surface area contributed by atoms with Gasteiger partial charge in [-0.2, -0.15) is 0 Å². The van der Waals surface area contributed by atoms with Gasteiger partial charge < -0.3 is 19.9 Å². The van der Waals surface area contributed by atoms with E-state index in [-0.39, 0.29) is 5.92 Å². The average molecular weight is 394 g/mol. The number of carbonyl (C=O) groups excluding carboxylic acids is 1. The second-order valence-corrected chi connectivity index (χ2v) is 8.41. The van der Waals surface area contributed by atoms with E-state index in [0.717, 1.165) is 62.2 Å². The normalized spacial score (nSPS) is 19.4. The first-order chi connectivity index (χ1) is 13.1. The zero-order chi connectivity index (χ0) is 19.2. The number of piperidine rings is 1. The number of guanidine groups is 1. The summed E-state index contributed by atoms with van der Waals surface area (Å²) in [4.78, 5) is 27.6. The van der Waals surface area contributed by atoms with Crippen LogP contribution in [0.25, 0.3) is 0 Å². The molecule has 0 atom stereocenters. The number of aromatic nitrogens is 1. The molecule has 0 radical (unpaired) electrons. The molecule has 3 rings (SSSR count). The Kier molecular flexibility index (Phi) is 7.07. The molecule has 2 aliphatic rings. The van der Waals surface area contributed by atoms with Crippen LogP contribution < -0.4 is 5.32 Å². The molecule has 0 aromatic carbocycles. The third-order valence-corrected chi connectivity index (χ3v) is 6.30. The number of aryl methyl sites for hydroxylation is 2. The van der Waals surface area contributed by atoms with Gasteiger partial charge in [0.15, 0.2) is 5.96 Å². The van der Waals surface area contributed by atoms with E-state index in [1.807, 2.05) is 11.8 Å². The maximum atomic E-state index is 12.7. The number of aliphatic imine (C=N–C) groups is 1. The van der Waals surface area contributed by atoms with Crippen molar-refractivity contribution in [2.24, 2.45) is 10.9 Å². The first kappa shape index (κ1) is 20.1. The molecule has 2 aliphatic heterocycles. The van der Waals surface area contributed by atoms with Gasteiger partial charge in [-0.1, -0.05) is 0 Å². The maximum Gasteiger partial charge on any atom is 0.225 e. The first-order valence-corrected chi connectivity index (χ1v) is 10.7. The Hall–Kier alpha value is -1.67. The predicted molar refractivity (Wildman–Crippen MR) is 108 cm³/mol. The van der Waals surface area contributed by atoms with Gasteiger partial charge in [0.2, 0.25) is 5.91 Å². The van der Waals surface area contributed by atoms with Crippen LogP contribution in [-0.2, 0) is 16.1 Å². The zero-order valence-corrected chi connectivity index (χ0v) is 17.5. The number of ether oxygens (including phenoxy) is 1. The third-order valence-electron chi connectivity index (χ3n) is 5.24. The van der Waals surface area contributed by atoms with Crippen molar-refractivity contribution in [3.63, 3.8) is 0 Å². The second kappa shape index (κ2) is 9.50. The van der Waals surface area contributed by atoms with Gasteiger partial charge in [-0.05, 0) is 33.6 Å². The number of hydrogen-bond donors (Lipinski definition) is 1. The SMILES string of the molecule is CCNC(=NCc1nc(C)c(C)s1)N1CCC(C(=O)N2CCOCC2)CC1. The topological polar surface area (TPSA) is 70.1 Å². The molecule has 2 fully saturated rings. The lowest BCUT2D eigenvalue weighted by Crippen LogP contribution is -2.50. The highest BCUT2D eigenvalue weighted by atomic mass is 32.1. The Bertz CT molecular complexity index is 642. The summed E-state index contributed by atoms with van der Waals surface area (Å²) >= 11 is 1.72. The fourth-order valence-corrected chi connectivity index (χ4v) is 4.41. The van der Waals surface area contributed by atoms with Crippen molar-refractivity contribution in [3.8, 4) is 0 Å². The lowest BCUT2D eigenvalue weighted by molar-refractivity contribution is -0.140. The largest absolute Gasteiger partial charge is 0.378 e. The summed E-state index contributed by atoms with van der Waals surface area (Å²) in [6.45, 7) is 12.2. The van der Waals surface area contributed by atoms with Crippen molar-refractivity contribution < 1.29 is 9.53 Å². The summed E-state index contributed by atoms with van der Waals surface area (Å²) in [5.74, 6) is 1.36. The van der Waals surface area contributed by atoms with Crippen LogP contribution in [0.3, 0.4) is 0 Å². The smallest absolute Gasteiger partial charge is 0.225 e. The molecule has 0 unspecified atom stereocenters. The van der Waals surface area contributed by atoms with E-state index in [9.17, 15) is 4.79 Å². The second-order valence-electron chi connectivity index (χ2n) is 7.12. The van der Waals surface area contributed by atoms with Gasteiger partial charge in [0, 0.05) is 43.5 Å². The van der Waals surface area contributed by atoms with Gasteiger partial charge in [-0.3, -0.25) is 4.79 Å². The number of amides is 1. The van der Waals surface area contributed by atoms with Crippen molar-refractivity contribution in [3.05, 3.63) is 15.6 Å². The van der Waals surface area contributed by atoms with Crippen molar-refractivity contribution in [1.82, 2.24) is 20.1 Å². The number of thiazole rings is 1. The Balaban J connectivity index is 1.56. The molecule has 27 heavy (non-hydrogen) atoms. The van der Waals surface area contributed by atoms with E-state index in [4.69, 9.17) is 9.73 Å². The lowest BCUT2D eigenvalue weighted by atomic mass is 9.95. The molecule has 0 bridgehead atoms. The fraction of sp³-hybridized carbons (Fsp3) is 0.737. The summed E-state index contributed by atoms with van der Waals surface area (Å²) in [5, 5.41) is 4.45. The molecule has 0 spiro atoms. The summed E-state index contributed by atoms with van der Waals surface area (Å²) in [7, 11) is 0. The van der Waals surface area contributed by atoms with Crippen LogP contribution >= 0.6 is 11.3 Å². The predicted octanol–water partition coefficient (Wildman–Crippen LogP) is 1.80. The summed E-state index contributed by atoms with van der Waals surface area (Å²) in [6, 6.07) is 0. The van der Waals surface area contributed by atoms with Crippen LogP contribution in [0.1, 0.15) is 35.3 Å². The molecular weight excluding hydrogens is 362 g/mol. The number of likely N-dealkylation sites (tertiary alicyclic amines) is 1. The highest BCUT2D eigenvalue weighted by molar-refractivity contribution is 7.11. The number of carbonyl (C=O) groups is 1. The van der Waals surface area contributed by atoms with Crippen LogP contribution in [0, 0.1) is 19.8 Å². The molecule has 2 saturated heterocycles. The summed E-state index contributed by atoms with van der Waals surface area (Å²) < 4.78 is 5.35. The van der Waals surface area contributed by atoms with Gasteiger partial charge in [0.1, 0.15) is 5.01 Å². The molecule has 0 saturated carbocycles. The number of nitrogens with one attached hydrogen (secondary N) is 1. The van der Waals surface area contributed by atoms with Crippen molar-refractivity contribution in [2.75, 3.05) is 45.9 Å². The molecule has 0 aliphatic carbocycles. The van der Waals surface area contributed by atoms with E-state index in [1.54, 1.807) is 11.3 Å². The average Bonchev–Trinajstić information content (AvgIpc) is 3.03. The van der Waals surface area contributed by atoms with Crippen LogP contribution in [-0.4, -0.2) is 72.6 Å². The number of morpholine rings is 1. The molecule has 1 aromatic heterocycles. The minimum Gasteiger partial charge on any atom is -0.378 e. The highest BCUT2D eigenvalue weighted by Gasteiger charge is 2.30. The Morgan fingerprint density at radius 2 is 1.93 bits per heavy atom. The molecule has 1 N–H and O–H groups in total. The minimum absolute atomic E-state index is 0.131. The molecule has 8 heteroatoms. The Labute approximate surface area is 165 Å². The Morgan fingerprint density at radius 3 is 2.52 bits per heavy atom. The van der Waals surface area contributed by atoms with E-state index in [0.29, 0.717) is 25.7 Å². The maximum absolute atomic E-state index is 12.7. The van der Waals surface area contributed by atoms with E-state index in [2.05, 4.69) is 29.0 Å². The van der Waals surface area contributed by atoms with Gasteiger partial charge in [-0.25, -0.2) is 9.98 Å². The molecule has 150 valence electrons. The standard InChI is InChI=1S/C19H31N5O2S/c1-4-20-19(21-13-17-22-14(2)15(3)27-17)24-7-5-16(6-8-24)18(25)23-9-11-26-12-10-23/h16H,4-13H2,1-3H3,(H,20,21). The van der Waals surface area contributed by atoms with Crippen LogP contribution in [0.2, 0.25) is 0 Å². The monoisotopic (exact) mass is 393 g/mol. The molecule has 3 heterocycles. The van der Waals surface area contributed by atoms with Gasteiger partial charge in [0.25, 0.3) is 0 Å². The zero-order valence-electron chi connectivity index (χ0n) is 16.7. The minimum atomic E-state index is 0.131. The van der Waals surface area contributed by atoms with Crippen molar-refractivity contribution in [2.45, 2.75) is 40.2 Å². The number of nitrogens with zero attached hydrogens (tertiary/aromatic N) is 4. The van der Waals surface area contributed by atoms with Crippen LogP contribution in [0.15, 0.2) is 4.99 Å². The van der Waals surface area contributed by atoms with E-state index in [1.165, 1.54) is 4.88 Å². The molecular formula is C19H31N5O2S. The number of hydrogen-bond acceptors (Lipinski definition) is 5. The van der Waals surface area contributed by atoms with Gasteiger partial charge in [0.05, 0.1) is 25.5 Å². The Morgan fingerprint density at radius 1 is 1.22 bits per heavy atom. The summed E-state index contributed by atoms with van der Waals surface area (Å²) in [6.07, 6.45) is 1.77. The quantitative estimate of drug-likeness (QED) is 0.624. The van der Waals surface area contributed by atoms with Crippen LogP contribution in [0.4, 0.5) is 0 Å². The number of rotatable bonds is 4. The molecule has 7 nitrogen and oxygen atoms in total. The van der Waals surface area contributed by atoms with Gasteiger partial charge in [-0.15, -0.1) is 11.3 Å². The van der Waals surface area contributed by atoms with Gasteiger partial charge >= 0.3 is 0 Å². The van der Waals surface area contributed by atoms with Crippen molar-refractivity contribution in [1.29, 1.82) is 0 Å². The first-order valence-electron chi connectivity index (χ1n) is 9.91. The fourth-order valence-electron chi connectivity index (χ4n) is 3.56.